The Balaban J connectivity index is 2.67. The van der Waals surface area contributed by atoms with Crippen LogP contribution in [0.3, 0.4) is 0 Å². The van der Waals surface area contributed by atoms with Gasteiger partial charge in [-0.2, -0.15) is 0 Å². The van der Waals surface area contributed by atoms with Crippen molar-refractivity contribution in [2.75, 3.05) is 0 Å². The van der Waals surface area contributed by atoms with Gasteiger partial charge in [-0.3, -0.25) is 4.79 Å². The summed E-state index contributed by atoms with van der Waals surface area (Å²) in [5, 5.41) is 9.04. The van der Waals surface area contributed by atoms with Crippen molar-refractivity contribution in [3.63, 3.8) is 0 Å². The molecule has 15 heavy (non-hydrogen) atoms. The van der Waals surface area contributed by atoms with Crippen molar-refractivity contribution in [1.82, 2.24) is 0 Å². The van der Waals surface area contributed by atoms with Crippen LogP contribution in [0, 0.1) is 5.92 Å². The van der Waals surface area contributed by atoms with Crippen LogP contribution in [-0.2, 0) is 11.2 Å². The molecule has 1 N–H and O–H groups in total. The summed E-state index contributed by atoms with van der Waals surface area (Å²) in [6.07, 6.45) is 1.12. The van der Waals surface area contributed by atoms with Gasteiger partial charge in [0, 0.05) is 0 Å². The van der Waals surface area contributed by atoms with Crippen LogP contribution in [0.1, 0.15) is 18.9 Å². The molecule has 0 aliphatic rings. The van der Waals surface area contributed by atoms with Gasteiger partial charge in [-0.25, -0.2) is 0 Å². The second-order valence-corrected chi connectivity index (χ2v) is 3.89. The van der Waals surface area contributed by atoms with E-state index in [1.807, 2.05) is 37.3 Å². The predicted octanol–water partition coefficient (Wildman–Crippen LogP) is 2.90. The topological polar surface area (TPSA) is 37.3 Å². The van der Waals surface area contributed by atoms with E-state index in [0.29, 0.717) is 12.8 Å². The summed E-state index contributed by atoms with van der Waals surface area (Å²) >= 11 is 0. The van der Waals surface area contributed by atoms with Crippen LogP contribution in [0.4, 0.5) is 0 Å². The smallest absolute Gasteiger partial charge is 0.307 e. The monoisotopic (exact) mass is 204 g/mol. The molecule has 0 aromatic heterocycles. The molecule has 0 saturated heterocycles. The number of hydrogen-bond donors (Lipinski definition) is 1. The number of benzene rings is 1. The van der Waals surface area contributed by atoms with Gasteiger partial charge in [0.15, 0.2) is 0 Å². The maximum absolute atomic E-state index is 11.0. The molecule has 0 radical (unpaired) electrons. The summed E-state index contributed by atoms with van der Waals surface area (Å²) in [6.45, 7) is 5.62. The Morgan fingerprint density at radius 1 is 1.40 bits per heavy atom. The zero-order valence-electron chi connectivity index (χ0n) is 8.94. The van der Waals surface area contributed by atoms with E-state index < -0.39 is 5.97 Å². The molecule has 0 spiro atoms. The minimum atomic E-state index is -0.748. The SMILES string of the molecule is C=C(C)CC(Cc1ccccc1)C(=O)O. The normalized spacial score (nSPS) is 12.1. The van der Waals surface area contributed by atoms with Crippen LogP contribution in [0.2, 0.25) is 0 Å². The molecule has 0 saturated carbocycles. The summed E-state index contributed by atoms with van der Waals surface area (Å²) in [4.78, 5) is 11.0. The summed E-state index contributed by atoms with van der Waals surface area (Å²) in [5.41, 5.74) is 1.98. The Morgan fingerprint density at radius 3 is 2.47 bits per heavy atom. The number of hydrogen-bond acceptors (Lipinski definition) is 1. The molecular weight excluding hydrogens is 188 g/mol. The van der Waals surface area contributed by atoms with E-state index in [1.165, 1.54) is 0 Å². The third kappa shape index (κ3) is 3.98. The minimum Gasteiger partial charge on any atom is -0.481 e. The van der Waals surface area contributed by atoms with Gasteiger partial charge >= 0.3 is 5.97 Å². The van der Waals surface area contributed by atoms with Crippen LogP contribution in [-0.4, -0.2) is 11.1 Å². The van der Waals surface area contributed by atoms with E-state index in [1.54, 1.807) is 0 Å². The molecule has 0 fully saturated rings. The van der Waals surface area contributed by atoms with E-state index in [-0.39, 0.29) is 5.92 Å². The average molecular weight is 204 g/mol. The molecule has 1 unspecified atom stereocenters. The second kappa shape index (κ2) is 5.35. The first-order chi connectivity index (χ1) is 7.09. The first kappa shape index (κ1) is 11.5. The van der Waals surface area contributed by atoms with Crippen LogP contribution in [0.15, 0.2) is 42.5 Å². The number of allylic oxidation sites excluding steroid dienone is 1. The number of rotatable bonds is 5. The van der Waals surface area contributed by atoms with Crippen LogP contribution >= 0.6 is 0 Å². The van der Waals surface area contributed by atoms with Crippen LogP contribution in [0.25, 0.3) is 0 Å². The van der Waals surface area contributed by atoms with Crippen molar-refractivity contribution in [3.05, 3.63) is 48.0 Å². The molecule has 80 valence electrons. The molecule has 0 heterocycles. The third-order valence-corrected chi connectivity index (χ3v) is 2.27. The Kier molecular flexibility index (Phi) is 4.10. The van der Waals surface area contributed by atoms with Gasteiger partial charge in [0.25, 0.3) is 0 Å². The summed E-state index contributed by atoms with van der Waals surface area (Å²) < 4.78 is 0. The fourth-order valence-electron chi connectivity index (χ4n) is 1.57. The molecule has 1 aromatic carbocycles. The molecule has 1 atom stereocenters. The van der Waals surface area contributed by atoms with Gasteiger partial charge in [-0.1, -0.05) is 35.9 Å². The van der Waals surface area contributed by atoms with Gasteiger partial charge in [-0.05, 0) is 25.3 Å². The highest BCUT2D eigenvalue weighted by molar-refractivity contribution is 5.70. The first-order valence-electron chi connectivity index (χ1n) is 5.00. The van der Waals surface area contributed by atoms with Gasteiger partial charge in [0.1, 0.15) is 0 Å². The van der Waals surface area contributed by atoms with Crippen molar-refractivity contribution in [2.24, 2.45) is 5.92 Å². The lowest BCUT2D eigenvalue weighted by Crippen LogP contribution is -2.16. The molecule has 0 bridgehead atoms. The Labute approximate surface area is 90.3 Å². The van der Waals surface area contributed by atoms with Gasteiger partial charge in [0.05, 0.1) is 5.92 Å². The molecule has 1 aromatic rings. The summed E-state index contributed by atoms with van der Waals surface area (Å²) in [5.74, 6) is -1.10. The van der Waals surface area contributed by atoms with E-state index in [0.717, 1.165) is 11.1 Å². The lowest BCUT2D eigenvalue weighted by atomic mass is 9.94. The van der Waals surface area contributed by atoms with Crippen molar-refractivity contribution >= 4 is 5.97 Å². The molecule has 2 heteroatoms. The van der Waals surface area contributed by atoms with Crippen molar-refractivity contribution in [1.29, 1.82) is 0 Å². The maximum atomic E-state index is 11.0. The molecule has 0 aliphatic carbocycles. The average Bonchev–Trinajstić information content (AvgIpc) is 2.17. The van der Waals surface area contributed by atoms with Crippen LogP contribution < -0.4 is 0 Å². The Hall–Kier alpha value is -1.57. The predicted molar refractivity (Wildman–Crippen MR) is 60.7 cm³/mol. The Morgan fingerprint density at radius 2 is 2.00 bits per heavy atom. The van der Waals surface area contributed by atoms with E-state index in [2.05, 4.69) is 6.58 Å². The largest absolute Gasteiger partial charge is 0.481 e. The van der Waals surface area contributed by atoms with Crippen molar-refractivity contribution in [2.45, 2.75) is 19.8 Å². The lowest BCUT2D eigenvalue weighted by Gasteiger charge is -2.11. The fourth-order valence-corrected chi connectivity index (χ4v) is 1.57. The van der Waals surface area contributed by atoms with Crippen molar-refractivity contribution < 1.29 is 9.90 Å². The standard InChI is InChI=1S/C13H16O2/c1-10(2)8-12(13(14)15)9-11-6-4-3-5-7-11/h3-7,12H,1,8-9H2,2H3,(H,14,15). The minimum absolute atomic E-state index is 0.357. The highest BCUT2D eigenvalue weighted by Crippen LogP contribution is 2.16. The zero-order chi connectivity index (χ0) is 11.3. The number of carboxylic acid groups (broad SMARTS) is 1. The molecule has 0 aliphatic heterocycles. The molecule has 1 rings (SSSR count). The van der Waals surface area contributed by atoms with E-state index in [9.17, 15) is 4.79 Å². The fraction of sp³-hybridized carbons (Fsp3) is 0.308. The molecular formula is C13H16O2. The van der Waals surface area contributed by atoms with E-state index in [4.69, 9.17) is 5.11 Å². The second-order valence-electron chi connectivity index (χ2n) is 3.89. The Bertz CT molecular complexity index is 341. The molecule has 2 nitrogen and oxygen atoms in total. The quantitative estimate of drug-likeness (QED) is 0.749. The lowest BCUT2D eigenvalue weighted by molar-refractivity contribution is -0.141. The van der Waals surface area contributed by atoms with Crippen molar-refractivity contribution in [3.8, 4) is 0 Å². The maximum Gasteiger partial charge on any atom is 0.307 e. The third-order valence-electron chi connectivity index (χ3n) is 2.27. The van der Waals surface area contributed by atoms with Gasteiger partial charge in [0.2, 0.25) is 0 Å². The number of aliphatic carboxylic acids is 1. The van der Waals surface area contributed by atoms with E-state index >= 15 is 0 Å². The van der Waals surface area contributed by atoms with Crippen LogP contribution in [0.5, 0.6) is 0 Å². The first-order valence-corrected chi connectivity index (χ1v) is 5.00. The zero-order valence-corrected chi connectivity index (χ0v) is 8.94. The number of carboxylic acids is 1. The molecule has 0 amide bonds. The summed E-state index contributed by atoms with van der Waals surface area (Å²) in [7, 11) is 0. The summed E-state index contributed by atoms with van der Waals surface area (Å²) in [6, 6.07) is 9.69. The number of carbonyl (C=O) groups is 1. The van der Waals surface area contributed by atoms with Gasteiger partial charge < -0.3 is 5.11 Å². The van der Waals surface area contributed by atoms with Gasteiger partial charge in [-0.15, -0.1) is 6.58 Å². The highest BCUT2D eigenvalue weighted by Gasteiger charge is 2.17. The highest BCUT2D eigenvalue weighted by atomic mass is 16.4.